The number of fused-ring (bicyclic) bond motifs is 1. The molecule has 1 aliphatic heterocycles. The second-order valence-corrected chi connectivity index (χ2v) is 9.09. The van der Waals surface area contributed by atoms with Crippen molar-refractivity contribution in [3.8, 4) is 5.75 Å². The summed E-state index contributed by atoms with van der Waals surface area (Å²) in [5.74, 6) is 0.174. The summed E-state index contributed by atoms with van der Waals surface area (Å²) in [7, 11) is 0. The minimum Gasteiger partial charge on any atom is -0.494 e. The summed E-state index contributed by atoms with van der Waals surface area (Å²) in [6, 6.07) is 15.6. The predicted molar refractivity (Wildman–Crippen MR) is 120 cm³/mol. The SMILES string of the molecule is C[C@@H]1C[C@H](C(N)=O)c2ccccc2N1C(=O)CCCOc1ccc(C(C)(C)C)cc1. The highest BCUT2D eigenvalue weighted by Gasteiger charge is 2.35. The second-order valence-electron chi connectivity index (χ2n) is 9.09. The van der Waals surface area contributed by atoms with Crippen molar-refractivity contribution in [3.63, 3.8) is 0 Å². The Morgan fingerprint density at radius 1 is 1.10 bits per heavy atom. The quantitative estimate of drug-likeness (QED) is 0.714. The highest BCUT2D eigenvalue weighted by atomic mass is 16.5. The third kappa shape index (κ3) is 4.84. The molecule has 0 bridgehead atoms. The van der Waals surface area contributed by atoms with E-state index in [0.29, 0.717) is 25.9 Å². The van der Waals surface area contributed by atoms with E-state index in [0.717, 1.165) is 17.0 Å². The Morgan fingerprint density at radius 2 is 1.77 bits per heavy atom. The summed E-state index contributed by atoms with van der Waals surface area (Å²) in [6.45, 7) is 8.99. The molecule has 0 saturated heterocycles. The Labute approximate surface area is 179 Å². The van der Waals surface area contributed by atoms with Crippen LogP contribution >= 0.6 is 0 Å². The van der Waals surface area contributed by atoms with Crippen molar-refractivity contribution < 1.29 is 14.3 Å². The van der Waals surface area contributed by atoms with Gasteiger partial charge in [0.2, 0.25) is 11.8 Å². The molecule has 0 aliphatic carbocycles. The average molecular weight is 409 g/mol. The number of ether oxygens (including phenoxy) is 1. The van der Waals surface area contributed by atoms with Gasteiger partial charge < -0.3 is 15.4 Å². The largest absolute Gasteiger partial charge is 0.494 e. The second kappa shape index (κ2) is 8.90. The van der Waals surface area contributed by atoms with Gasteiger partial charge in [0.25, 0.3) is 0 Å². The molecular weight excluding hydrogens is 376 g/mol. The number of nitrogens with two attached hydrogens (primary N) is 1. The van der Waals surface area contributed by atoms with E-state index in [1.165, 1.54) is 5.56 Å². The maximum Gasteiger partial charge on any atom is 0.227 e. The maximum atomic E-state index is 13.0. The summed E-state index contributed by atoms with van der Waals surface area (Å²) in [5.41, 5.74) is 8.60. The van der Waals surface area contributed by atoms with Gasteiger partial charge in [-0.05, 0) is 54.5 Å². The fourth-order valence-electron chi connectivity index (χ4n) is 4.05. The van der Waals surface area contributed by atoms with Crippen molar-refractivity contribution in [2.45, 2.75) is 64.3 Å². The zero-order valence-electron chi connectivity index (χ0n) is 18.4. The molecule has 160 valence electrons. The lowest BCUT2D eigenvalue weighted by molar-refractivity contribution is -0.122. The van der Waals surface area contributed by atoms with Crippen LogP contribution in [0.3, 0.4) is 0 Å². The number of carbonyl (C=O) groups excluding carboxylic acids is 2. The number of rotatable bonds is 6. The zero-order chi connectivity index (χ0) is 21.9. The number of benzene rings is 2. The predicted octanol–water partition coefficient (Wildman–Crippen LogP) is 4.54. The van der Waals surface area contributed by atoms with E-state index in [1.54, 1.807) is 0 Å². The van der Waals surface area contributed by atoms with E-state index in [1.807, 2.05) is 48.2 Å². The third-order valence-electron chi connectivity index (χ3n) is 5.73. The molecule has 2 atom stereocenters. The molecule has 3 rings (SSSR count). The standard InChI is InChI=1S/C25H32N2O3/c1-17-16-21(24(26)29)20-8-5-6-9-22(20)27(17)23(28)10-7-15-30-19-13-11-18(12-14-19)25(2,3)4/h5-6,8-9,11-14,17,21H,7,10,15-16H2,1-4H3,(H2,26,29)/t17-,21+/m1/s1. The number of carbonyl (C=O) groups is 2. The van der Waals surface area contributed by atoms with E-state index in [2.05, 4.69) is 32.9 Å². The van der Waals surface area contributed by atoms with Crippen LogP contribution in [0.25, 0.3) is 0 Å². The molecule has 5 heteroatoms. The summed E-state index contributed by atoms with van der Waals surface area (Å²) in [6.07, 6.45) is 1.57. The molecule has 2 amide bonds. The van der Waals surface area contributed by atoms with Crippen LogP contribution in [-0.2, 0) is 15.0 Å². The highest BCUT2D eigenvalue weighted by Crippen LogP contribution is 2.38. The number of hydrogen-bond donors (Lipinski definition) is 1. The normalized spacial score (nSPS) is 18.6. The van der Waals surface area contributed by atoms with Gasteiger partial charge >= 0.3 is 0 Å². The van der Waals surface area contributed by atoms with E-state index in [9.17, 15) is 9.59 Å². The van der Waals surface area contributed by atoms with Crippen LogP contribution in [0, 0.1) is 0 Å². The van der Waals surface area contributed by atoms with Crippen LogP contribution in [0.1, 0.15) is 64.0 Å². The minimum atomic E-state index is -0.348. The van der Waals surface area contributed by atoms with Gasteiger partial charge in [-0.3, -0.25) is 9.59 Å². The first-order chi connectivity index (χ1) is 14.2. The Bertz CT molecular complexity index is 899. The van der Waals surface area contributed by atoms with Crippen molar-refractivity contribution in [2.24, 2.45) is 5.73 Å². The van der Waals surface area contributed by atoms with Gasteiger partial charge in [0.1, 0.15) is 5.75 Å². The summed E-state index contributed by atoms with van der Waals surface area (Å²) >= 11 is 0. The number of primary amides is 1. The number of para-hydroxylation sites is 1. The summed E-state index contributed by atoms with van der Waals surface area (Å²) in [4.78, 5) is 26.6. The van der Waals surface area contributed by atoms with Crippen LogP contribution < -0.4 is 15.4 Å². The van der Waals surface area contributed by atoms with Gasteiger partial charge in [-0.1, -0.05) is 51.1 Å². The first-order valence-corrected chi connectivity index (χ1v) is 10.6. The summed E-state index contributed by atoms with van der Waals surface area (Å²) < 4.78 is 5.82. The molecule has 0 saturated carbocycles. The highest BCUT2D eigenvalue weighted by molar-refractivity contribution is 5.97. The van der Waals surface area contributed by atoms with Crippen molar-refractivity contribution in [1.29, 1.82) is 0 Å². The Hall–Kier alpha value is -2.82. The monoisotopic (exact) mass is 408 g/mol. The fraction of sp³-hybridized carbons (Fsp3) is 0.440. The van der Waals surface area contributed by atoms with E-state index in [4.69, 9.17) is 10.5 Å². The number of nitrogens with zero attached hydrogens (tertiary/aromatic N) is 1. The molecule has 2 aromatic rings. The smallest absolute Gasteiger partial charge is 0.227 e. The van der Waals surface area contributed by atoms with Gasteiger partial charge in [-0.25, -0.2) is 0 Å². The summed E-state index contributed by atoms with van der Waals surface area (Å²) in [5, 5.41) is 0. The molecule has 2 aromatic carbocycles. The van der Waals surface area contributed by atoms with Gasteiger partial charge in [0.05, 0.1) is 12.5 Å². The van der Waals surface area contributed by atoms with Crippen molar-refractivity contribution in [3.05, 3.63) is 59.7 Å². The Balaban J connectivity index is 1.58. The van der Waals surface area contributed by atoms with Crippen molar-refractivity contribution in [1.82, 2.24) is 0 Å². The fourth-order valence-corrected chi connectivity index (χ4v) is 4.05. The average Bonchev–Trinajstić information content (AvgIpc) is 2.70. The molecule has 5 nitrogen and oxygen atoms in total. The molecule has 0 unspecified atom stereocenters. The number of anilines is 1. The topological polar surface area (TPSA) is 72.6 Å². The third-order valence-corrected chi connectivity index (χ3v) is 5.73. The molecule has 0 radical (unpaired) electrons. The molecule has 1 aliphatic rings. The molecule has 30 heavy (non-hydrogen) atoms. The van der Waals surface area contributed by atoms with Crippen LogP contribution in [-0.4, -0.2) is 24.5 Å². The number of hydrogen-bond acceptors (Lipinski definition) is 3. The Kier molecular flexibility index (Phi) is 6.49. The number of amides is 2. The first-order valence-electron chi connectivity index (χ1n) is 10.6. The van der Waals surface area contributed by atoms with E-state index in [-0.39, 0.29) is 29.2 Å². The lowest BCUT2D eigenvalue weighted by atomic mass is 9.85. The van der Waals surface area contributed by atoms with Gasteiger partial charge in [-0.2, -0.15) is 0 Å². The molecule has 2 N–H and O–H groups in total. The van der Waals surface area contributed by atoms with Crippen molar-refractivity contribution in [2.75, 3.05) is 11.5 Å². The molecule has 0 fully saturated rings. The van der Waals surface area contributed by atoms with E-state index < -0.39 is 0 Å². The van der Waals surface area contributed by atoms with Crippen LogP contribution in [0.2, 0.25) is 0 Å². The first kappa shape index (κ1) is 21.9. The molecule has 1 heterocycles. The van der Waals surface area contributed by atoms with Gasteiger partial charge in [-0.15, -0.1) is 0 Å². The molecule has 0 spiro atoms. The van der Waals surface area contributed by atoms with Crippen LogP contribution in [0.5, 0.6) is 5.75 Å². The molecule has 0 aromatic heterocycles. The Morgan fingerprint density at radius 3 is 2.40 bits per heavy atom. The lowest BCUT2D eigenvalue weighted by Gasteiger charge is -2.38. The van der Waals surface area contributed by atoms with Crippen LogP contribution in [0.4, 0.5) is 5.69 Å². The van der Waals surface area contributed by atoms with Crippen LogP contribution in [0.15, 0.2) is 48.5 Å². The van der Waals surface area contributed by atoms with E-state index >= 15 is 0 Å². The van der Waals surface area contributed by atoms with Gasteiger partial charge in [0, 0.05) is 18.2 Å². The molecular formula is C25H32N2O3. The van der Waals surface area contributed by atoms with Gasteiger partial charge in [0.15, 0.2) is 0 Å². The maximum absolute atomic E-state index is 13.0. The zero-order valence-corrected chi connectivity index (χ0v) is 18.4. The lowest BCUT2D eigenvalue weighted by Crippen LogP contribution is -2.45. The van der Waals surface area contributed by atoms with Crippen molar-refractivity contribution >= 4 is 17.5 Å². The minimum absolute atomic E-state index is 0.0459.